The van der Waals surface area contributed by atoms with Gasteiger partial charge in [-0.25, -0.2) is 24.4 Å². The van der Waals surface area contributed by atoms with Gasteiger partial charge in [-0.05, 0) is 34.0 Å². The van der Waals surface area contributed by atoms with Crippen molar-refractivity contribution in [2.24, 2.45) is 0 Å². The number of hydrogen-bond donors (Lipinski definition) is 1. The third kappa shape index (κ3) is 5.09. The summed E-state index contributed by atoms with van der Waals surface area (Å²) in [6.07, 6.45) is 3.08. The quantitative estimate of drug-likeness (QED) is 0.268. The van der Waals surface area contributed by atoms with E-state index in [1.165, 1.54) is 24.9 Å². The van der Waals surface area contributed by atoms with Crippen LogP contribution in [-0.2, 0) is 14.2 Å². The van der Waals surface area contributed by atoms with Crippen molar-refractivity contribution >= 4 is 41.4 Å². The van der Waals surface area contributed by atoms with Gasteiger partial charge in [-0.3, -0.25) is 0 Å². The standard InChI is InChI=1S/C19H23N3O7S/c1-6-26-16(23)11-9-20-19(30-5)22-14(11)21-15-13(18(25)28-8-3)12(10(4)29-15)17(24)27-7-2/h9H,6-8H2,1-5H3,(H,20,21,22). The van der Waals surface area contributed by atoms with Crippen LogP contribution in [0, 0.1) is 6.92 Å². The molecule has 0 aromatic carbocycles. The zero-order valence-corrected chi connectivity index (χ0v) is 18.2. The van der Waals surface area contributed by atoms with E-state index in [9.17, 15) is 14.4 Å². The maximum Gasteiger partial charge on any atom is 0.344 e. The van der Waals surface area contributed by atoms with E-state index in [0.29, 0.717) is 5.16 Å². The first-order valence-electron chi connectivity index (χ1n) is 9.20. The van der Waals surface area contributed by atoms with Gasteiger partial charge in [-0.15, -0.1) is 0 Å². The van der Waals surface area contributed by atoms with Gasteiger partial charge in [0.25, 0.3) is 0 Å². The number of carbonyl (C=O) groups excluding carboxylic acids is 3. The predicted octanol–water partition coefficient (Wildman–Crippen LogP) is 3.37. The lowest BCUT2D eigenvalue weighted by Crippen LogP contribution is -2.15. The van der Waals surface area contributed by atoms with Crippen molar-refractivity contribution in [1.82, 2.24) is 9.97 Å². The van der Waals surface area contributed by atoms with Gasteiger partial charge in [0, 0.05) is 6.20 Å². The molecule has 0 bridgehead atoms. The molecule has 162 valence electrons. The lowest BCUT2D eigenvalue weighted by atomic mass is 10.1. The van der Waals surface area contributed by atoms with Gasteiger partial charge in [0.15, 0.2) is 11.0 Å². The molecule has 2 rings (SSSR count). The summed E-state index contributed by atoms with van der Waals surface area (Å²) in [6.45, 7) is 6.82. The fraction of sp³-hybridized carbons (Fsp3) is 0.421. The molecule has 2 aromatic heterocycles. The molecule has 0 amide bonds. The third-order valence-electron chi connectivity index (χ3n) is 3.72. The predicted molar refractivity (Wildman–Crippen MR) is 108 cm³/mol. The minimum Gasteiger partial charge on any atom is -0.462 e. The molecule has 0 fully saturated rings. The van der Waals surface area contributed by atoms with Crippen LogP contribution in [0.15, 0.2) is 15.8 Å². The zero-order chi connectivity index (χ0) is 22.3. The van der Waals surface area contributed by atoms with E-state index in [0.717, 1.165) is 0 Å². The summed E-state index contributed by atoms with van der Waals surface area (Å²) < 4.78 is 20.8. The van der Waals surface area contributed by atoms with Crippen molar-refractivity contribution in [1.29, 1.82) is 0 Å². The number of carbonyl (C=O) groups is 3. The van der Waals surface area contributed by atoms with Crippen LogP contribution in [-0.4, -0.2) is 54.0 Å². The van der Waals surface area contributed by atoms with Crippen LogP contribution >= 0.6 is 11.8 Å². The Morgan fingerprint density at radius 2 is 1.57 bits per heavy atom. The molecule has 30 heavy (non-hydrogen) atoms. The number of thioether (sulfide) groups is 1. The summed E-state index contributed by atoms with van der Waals surface area (Å²) in [5.41, 5.74) is -0.169. The van der Waals surface area contributed by atoms with Crippen LogP contribution < -0.4 is 5.32 Å². The van der Waals surface area contributed by atoms with Gasteiger partial charge in [0.05, 0.1) is 19.8 Å². The highest BCUT2D eigenvalue weighted by molar-refractivity contribution is 7.98. The summed E-state index contributed by atoms with van der Waals surface area (Å²) in [5, 5.41) is 3.18. The van der Waals surface area contributed by atoms with E-state index in [1.807, 2.05) is 0 Å². The Kier molecular flexibility index (Phi) is 8.22. The summed E-state index contributed by atoms with van der Waals surface area (Å²) in [4.78, 5) is 45.6. The Bertz CT molecular complexity index is 942. The molecule has 0 aliphatic heterocycles. The van der Waals surface area contributed by atoms with Crippen molar-refractivity contribution in [2.45, 2.75) is 32.9 Å². The maximum absolute atomic E-state index is 12.6. The second-order valence-corrected chi connectivity index (χ2v) is 6.42. The Morgan fingerprint density at radius 3 is 2.13 bits per heavy atom. The van der Waals surface area contributed by atoms with E-state index in [2.05, 4.69) is 15.3 Å². The third-order valence-corrected chi connectivity index (χ3v) is 4.28. The maximum atomic E-state index is 12.6. The van der Waals surface area contributed by atoms with Crippen LogP contribution in [0.25, 0.3) is 0 Å². The molecule has 0 radical (unpaired) electrons. The largest absolute Gasteiger partial charge is 0.462 e. The van der Waals surface area contributed by atoms with E-state index in [4.69, 9.17) is 18.6 Å². The average molecular weight is 437 g/mol. The average Bonchev–Trinajstić information content (AvgIpc) is 3.04. The summed E-state index contributed by atoms with van der Waals surface area (Å²) >= 11 is 1.26. The summed E-state index contributed by atoms with van der Waals surface area (Å²) in [5.74, 6) is -2.06. The molecule has 0 aliphatic rings. The van der Waals surface area contributed by atoms with E-state index < -0.39 is 17.9 Å². The molecule has 11 heteroatoms. The number of aryl methyl sites for hydroxylation is 1. The number of rotatable bonds is 9. The zero-order valence-electron chi connectivity index (χ0n) is 17.4. The molecule has 0 aliphatic carbocycles. The molecule has 0 saturated carbocycles. The first kappa shape index (κ1) is 23.2. The molecule has 2 aromatic rings. The number of ether oxygens (including phenoxy) is 3. The smallest absolute Gasteiger partial charge is 0.344 e. The molecule has 0 spiro atoms. The van der Waals surface area contributed by atoms with Crippen LogP contribution in [0.4, 0.5) is 11.7 Å². The van der Waals surface area contributed by atoms with Gasteiger partial charge in [0.2, 0.25) is 5.88 Å². The lowest BCUT2D eigenvalue weighted by molar-refractivity contribution is 0.0480. The first-order valence-corrected chi connectivity index (χ1v) is 10.4. The van der Waals surface area contributed by atoms with Crippen molar-refractivity contribution in [3.05, 3.63) is 28.6 Å². The van der Waals surface area contributed by atoms with Gasteiger partial charge in [-0.2, -0.15) is 0 Å². The van der Waals surface area contributed by atoms with Crippen molar-refractivity contribution in [3.8, 4) is 0 Å². The number of nitrogens with one attached hydrogen (secondary N) is 1. The number of hydrogen-bond acceptors (Lipinski definition) is 11. The SMILES string of the molecule is CCOC(=O)c1cnc(SC)nc1Nc1oc(C)c(C(=O)OCC)c1C(=O)OCC. The minimum absolute atomic E-state index is 0.0381. The number of furan rings is 1. The first-order chi connectivity index (χ1) is 14.4. The molecular weight excluding hydrogens is 414 g/mol. The number of aromatic nitrogens is 2. The number of nitrogens with zero attached hydrogens (tertiary/aromatic N) is 2. The van der Waals surface area contributed by atoms with Crippen LogP contribution in [0.3, 0.4) is 0 Å². The topological polar surface area (TPSA) is 130 Å². The Balaban J connectivity index is 2.59. The van der Waals surface area contributed by atoms with Gasteiger partial charge in [0.1, 0.15) is 22.5 Å². The van der Waals surface area contributed by atoms with E-state index >= 15 is 0 Å². The van der Waals surface area contributed by atoms with Crippen molar-refractivity contribution in [2.75, 3.05) is 31.4 Å². The molecule has 0 atom stereocenters. The molecule has 10 nitrogen and oxygen atoms in total. The van der Waals surface area contributed by atoms with Crippen LogP contribution in [0.2, 0.25) is 0 Å². The second kappa shape index (κ2) is 10.6. The van der Waals surface area contributed by atoms with Crippen molar-refractivity contribution in [3.63, 3.8) is 0 Å². The number of esters is 3. The molecule has 0 saturated heterocycles. The van der Waals surface area contributed by atoms with E-state index in [1.54, 1.807) is 27.0 Å². The summed E-state index contributed by atoms with van der Waals surface area (Å²) in [7, 11) is 0. The summed E-state index contributed by atoms with van der Waals surface area (Å²) in [6, 6.07) is 0. The Morgan fingerprint density at radius 1 is 1.00 bits per heavy atom. The van der Waals surface area contributed by atoms with Gasteiger partial charge in [-0.1, -0.05) is 11.8 Å². The number of anilines is 2. The van der Waals surface area contributed by atoms with Crippen LogP contribution in [0.1, 0.15) is 57.6 Å². The molecule has 1 N–H and O–H groups in total. The highest BCUT2D eigenvalue weighted by atomic mass is 32.2. The minimum atomic E-state index is -0.781. The lowest BCUT2D eigenvalue weighted by Gasteiger charge is -2.11. The van der Waals surface area contributed by atoms with Crippen molar-refractivity contribution < 1.29 is 33.0 Å². The highest BCUT2D eigenvalue weighted by Gasteiger charge is 2.31. The molecule has 0 unspecified atom stereocenters. The van der Waals surface area contributed by atoms with Gasteiger partial charge >= 0.3 is 17.9 Å². The van der Waals surface area contributed by atoms with Crippen LogP contribution in [0.5, 0.6) is 0 Å². The fourth-order valence-corrected chi connectivity index (χ4v) is 2.85. The molecular formula is C19H23N3O7S. The second-order valence-electron chi connectivity index (χ2n) is 5.64. The van der Waals surface area contributed by atoms with E-state index in [-0.39, 0.29) is 54.0 Å². The Labute approximate surface area is 177 Å². The monoisotopic (exact) mass is 437 g/mol. The van der Waals surface area contributed by atoms with Gasteiger partial charge < -0.3 is 23.9 Å². The highest BCUT2D eigenvalue weighted by Crippen LogP contribution is 2.32. The fourth-order valence-electron chi connectivity index (χ4n) is 2.50. The molecule has 2 heterocycles. The normalized spacial score (nSPS) is 10.4. The Hall–Kier alpha value is -3.08.